The van der Waals surface area contributed by atoms with Crippen molar-refractivity contribution in [1.29, 1.82) is 0 Å². The van der Waals surface area contributed by atoms with Crippen LogP contribution in [-0.4, -0.2) is 18.0 Å². The van der Waals surface area contributed by atoms with Crippen LogP contribution in [0.2, 0.25) is 10.0 Å². The van der Waals surface area contributed by atoms with Crippen LogP contribution in [0.5, 0.6) is 5.88 Å². The van der Waals surface area contributed by atoms with Crippen LogP contribution in [-0.2, 0) is 16.6 Å². The standard InChI is InChI=1S/C18H12BrCl2F2N3O4S/c1-8-25-17(30-7-9-2-3-10(22)4-14(9)23)15(19)18(27)26(8)16-12(20)5-11(6-13(16)21)31(24,28)29/h2-6H,7H2,1H3,(H2,24,28,29). The molecule has 3 aromatic rings. The van der Waals surface area contributed by atoms with E-state index in [-0.39, 0.29) is 49.0 Å². The van der Waals surface area contributed by atoms with E-state index in [2.05, 4.69) is 20.9 Å². The first-order valence-corrected chi connectivity index (χ1v) is 11.4. The van der Waals surface area contributed by atoms with E-state index in [0.29, 0.717) is 6.07 Å². The summed E-state index contributed by atoms with van der Waals surface area (Å²) in [7, 11) is -4.08. The number of primary sulfonamides is 1. The summed E-state index contributed by atoms with van der Waals surface area (Å²) in [4.78, 5) is 16.8. The highest BCUT2D eigenvalue weighted by Crippen LogP contribution is 2.32. The van der Waals surface area contributed by atoms with Gasteiger partial charge in [-0.2, -0.15) is 4.98 Å². The third-order valence-corrected chi connectivity index (χ3v) is 6.24. The lowest BCUT2D eigenvalue weighted by Crippen LogP contribution is -2.24. The summed E-state index contributed by atoms with van der Waals surface area (Å²) < 4.78 is 56.3. The van der Waals surface area contributed by atoms with Gasteiger partial charge in [0.05, 0.1) is 20.6 Å². The molecule has 0 unspecified atom stereocenters. The van der Waals surface area contributed by atoms with Gasteiger partial charge in [-0.25, -0.2) is 22.3 Å². The quantitative estimate of drug-likeness (QED) is 0.511. The second-order valence-corrected chi connectivity index (χ2v) is 9.39. The van der Waals surface area contributed by atoms with Crippen LogP contribution in [0.25, 0.3) is 5.69 Å². The van der Waals surface area contributed by atoms with Crippen LogP contribution in [0.3, 0.4) is 0 Å². The molecule has 3 rings (SSSR count). The maximum Gasteiger partial charge on any atom is 0.276 e. The van der Waals surface area contributed by atoms with Crippen molar-refractivity contribution in [2.24, 2.45) is 5.14 Å². The molecule has 2 aromatic carbocycles. The molecule has 0 amide bonds. The summed E-state index contributed by atoms with van der Waals surface area (Å²) >= 11 is 15.4. The largest absolute Gasteiger partial charge is 0.472 e. The number of halogens is 5. The van der Waals surface area contributed by atoms with Crippen molar-refractivity contribution in [1.82, 2.24) is 9.55 Å². The predicted molar refractivity (Wildman–Crippen MR) is 114 cm³/mol. The molecule has 0 saturated carbocycles. The highest BCUT2D eigenvalue weighted by Gasteiger charge is 2.22. The molecule has 0 atom stereocenters. The number of sulfonamides is 1. The van der Waals surface area contributed by atoms with Gasteiger partial charge in [0, 0.05) is 11.6 Å². The molecule has 0 aliphatic rings. The summed E-state index contributed by atoms with van der Waals surface area (Å²) in [5.74, 6) is -1.60. The van der Waals surface area contributed by atoms with Crippen LogP contribution in [0.4, 0.5) is 8.78 Å². The lowest BCUT2D eigenvalue weighted by molar-refractivity contribution is 0.283. The number of benzene rings is 2. The van der Waals surface area contributed by atoms with Gasteiger partial charge in [0.25, 0.3) is 5.56 Å². The molecule has 31 heavy (non-hydrogen) atoms. The normalized spacial score (nSPS) is 11.6. The minimum atomic E-state index is -4.08. The highest BCUT2D eigenvalue weighted by molar-refractivity contribution is 9.10. The fourth-order valence-electron chi connectivity index (χ4n) is 2.65. The monoisotopic (exact) mass is 553 g/mol. The Labute approximate surface area is 193 Å². The van der Waals surface area contributed by atoms with Gasteiger partial charge in [-0.1, -0.05) is 23.2 Å². The maximum atomic E-state index is 13.8. The topological polar surface area (TPSA) is 104 Å². The maximum absolute atomic E-state index is 13.8. The fraction of sp³-hybridized carbons (Fsp3) is 0.111. The number of hydrogen-bond donors (Lipinski definition) is 1. The Balaban J connectivity index is 2.04. The van der Waals surface area contributed by atoms with Crippen LogP contribution >= 0.6 is 39.1 Å². The average molecular weight is 555 g/mol. The zero-order chi connectivity index (χ0) is 23.1. The molecule has 7 nitrogen and oxygen atoms in total. The zero-order valence-electron chi connectivity index (χ0n) is 15.5. The zero-order valence-corrected chi connectivity index (χ0v) is 19.4. The summed E-state index contributed by atoms with van der Waals surface area (Å²) in [6.45, 7) is 1.14. The van der Waals surface area contributed by atoms with E-state index in [0.717, 1.165) is 22.8 Å². The number of ether oxygens (including phenoxy) is 1. The molecule has 0 fully saturated rings. The first-order valence-electron chi connectivity index (χ1n) is 8.28. The molecule has 13 heteroatoms. The Morgan fingerprint density at radius 2 is 1.81 bits per heavy atom. The summed E-state index contributed by atoms with van der Waals surface area (Å²) in [6.07, 6.45) is 0. The molecule has 0 spiro atoms. The van der Waals surface area contributed by atoms with Crippen molar-refractivity contribution in [2.75, 3.05) is 0 Å². The summed E-state index contributed by atoms with van der Waals surface area (Å²) in [5.41, 5.74) is -0.626. The number of hydrogen-bond acceptors (Lipinski definition) is 5. The van der Waals surface area contributed by atoms with Gasteiger partial charge in [-0.05, 0) is 47.1 Å². The third kappa shape index (κ3) is 4.90. The second-order valence-electron chi connectivity index (χ2n) is 6.22. The molecule has 1 heterocycles. The summed E-state index contributed by atoms with van der Waals surface area (Å²) in [6, 6.07) is 5.10. The molecule has 2 N–H and O–H groups in total. The van der Waals surface area contributed by atoms with Gasteiger partial charge < -0.3 is 4.74 Å². The van der Waals surface area contributed by atoms with Gasteiger partial charge in [0.15, 0.2) is 0 Å². The van der Waals surface area contributed by atoms with E-state index in [1.165, 1.54) is 13.0 Å². The van der Waals surface area contributed by atoms with Crippen molar-refractivity contribution < 1.29 is 21.9 Å². The van der Waals surface area contributed by atoms with E-state index >= 15 is 0 Å². The van der Waals surface area contributed by atoms with E-state index in [9.17, 15) is 22.0 Å². The third-order valence-electron chi connectivity index (χ3n) is 4.09. The number of nitrogens with two attached hydrogens (primary N) is 1. The highest BCUT2D eigenvalue weighted by atomic mass is 79.9. The first kappa shape index (κ1) is 23.6. The SMILES string of the molecule is Cc1nc(OCc2ccc(F)cc2F)c(Br)c(=O)n1-c1c(Cl)cc(S(N)(=O)=O)cc1Cl. The Morgan fingerprint density at radius 1 is 1.19 bits per heavy atom. The van der Waals surface area contributed by atoms with Gasteiger partial charge in [-0.15, -0.1) is 0 Å². The minimum absolute atomic E-state index is 0.0115. The lowest BCUT2D eigenvalue weighted by atomic mass is 10.2. The van der Waals surface area contributed by atoms with E-state index in [4.69, 9.17) is 33.1 Å². The first-order chi connectivity index (χ1) is 14.4. The molecule has 1 aromatic heterocycles. The van der Waals surface area contributed by atoms with Gasteiger partial charge in [0.2, 0.25) is 15.9 Å². The number of aryl methyl sites for hydroxylation is 1. The molecular weight excluding hydrogens is 543 g/mol. The van der Waals surface area contributed by atoms with Crippen molar-refractivity contribution in [3.63, 3.8) is 0 Å². The fourth-order valence-corrected chi connectivity index (χ4v) is 4.38. The van der Waals surface area contributed by atoms with E-state index in [1.54, 1.807) is 0 Å². The molecule has 0 bridgehead atoms. The molecule has 0 radical (unpaired) electrons. The number of aromatic nitrogens is 2. The Hall–Kier alpha value is -2.05. The van der Waals surface area contributed by atoms with Crippen LogP contribution < -0.4 is 15.4 Å². The van der Waals surface area contributed by atoms with Crippen LogP contribution in [0.1, 0.15) is 11.4 Å². The molecule has 0 aliphatic heterocycles. The molecular formula is C18H12BrCl2F2N3O4S. The van der Waals surface area contributed by atoms with Crippen molar-refractivity contribution in [3.8, 4) is 11.6 Å². The number of rotatable bonds is 5. The molecule has 0 saturated heterocycles. The van der Waals surface area contributed by atoms with Gasteiger partial charge in [0.1, 0.15) is 28.5 Å². The Morgan fingerprint density at radius 3 is 2.35 bits per heavy atom. The average Bonchev–Trinajstić information content (AvgIpc) is 2.66. The van der Waals surface area contributed by atoms with Crippen molar-refractivity contribution in [2.45, 2.75) is 18.4 Å². The summed E-state index contributed by atoms with van der Waals surface area (Å²) in [5, 5.41) is 4.78. The van der Waals surface area contributed by atoms with Crippen molar-refractivity contribution >= 4 is 49.2 Å². The van der Waals surface area contributed by atoms with E-state index in [1.807, 2.05) is 0 Å². The Kier molecular flexibility index (Phi) is 6.72. The minimum Gasteiger partial charge on any atom is -0.472 e. The van der Waals surface area contributed by atoms with Gasteiger partial charge >= 0.3 is 0 Å². The van der Waals surface area contributed by atoms with E-state index < -0.39 is 27.2 Å². The lowest BCUT2D eigenvalue weighted by Gasteiger charge is -2.16. The van der Waals surface area contributed by atoms with Crippen LogP contribution in [0, 0.1) is 18.6 Å². The molecule has 0 aliphatic carbocycles. The second kappa shape index (κ2) is 8.83. The van der Waals surface area contributed by atoms with Gasteiger partial charge in [-0.3, -0.25) is 9.36 Å². The Bertz CT molecular complexity index is 1340. The molecule has 164 valence electrons. The van der Waals surface area contributed by atoms with Crippen molar-refractivity contribution in [3.05, 3.63) is 78.2 Å². The number of nitrogens with zero attached hydrogens (tertiary/aromatic N) is 2. The smallest absolute Gasteiger partial charge is 0.276 e. The predicted octanol–water partition coefficient (Wildman–Crippen LogP) is 4.11. The van der Waals surface area contributed by atoms with Crippen LogP contribution in [0.15, 0.2) is 44.5 Å².